The first-order chi connectivity index (χ1) is 9.00. The number of nitrogens with zero attached hydrogens (tertiary/aromatic N) is 2. The Morgan fingerprint density at radius 1 is 1.16 bits per heavy atom. The van der Waals surface area contributed by atoms with Gasteiger partial charge in [-0.25, -0.2) is 0 Å². The number of rotatable bonds is 4. The van der Waals surface area contributed by atoms with E-state index in [1.54, 1.807) is 0 Å². The van der Waals surface area contributed by atoms with E-state index in [0.717, 1.165) is 12.1 Å². The molecule has 0 saturated heterocycles. The summed E-state index contributed by atoms with van der Waals surface area (Å²) in [5, 5.41) is 7.13. The molecule has 0 fully saturated rings. The van der Waals surface area contributed by atoms with Gasteiger partial charge in [-0.2, -0.15) is 4.98 Å². The molecular weight excluding hydrogens is 238 g/mol. The number of benzene rings is 1. The van der Waals surface area contributed by atoms with Crippen LogP contribution in [0.1, 0.15) is 39.1 Å². The predicted octanol–water partition coefficient (Wildman–Crippen LogP) is 3.14. The Morgan fingerprint density at radius 2 is 1.84 bits per heavy atom. The van der Waals surface area contributed by atoms with Gasteiger partial charge in [0.1, 0.15) is 0 Å². The first kappa shape index (κ1) is 13.7. The Kier molecular flexibility index (Phi) is 4.00. The van der Waals surface area contributed by atoms with Crippen molar-refractivity contribution in [2.45, 2.75) is 39.7 Å². The largest absolute Gasteiger partial charge is 0.334 e. The zero-order valence-corrected chi connectivity index (χ0v) is 12.0. The first-order valence-corrected chi connectivity index (χ1v) is 6.65. The molecule has 1 aromatic heterocycles. The molecule has 0 saturated carbocycles. The van der Waals surface area contributed by atoms with Gasteiger partial charge in [-0.05, 0) is 29.7 Å². The van der Waals surface area contributed by atoms with E-state index in [0.29, 0.717) is 18.3 Å². The molecule has 1 aromatic carbocycles. The fraction of sp³-hybridized carbons (Fsp3) is 0.467. The van der Waals surface area contributed by atoms with Crippen molar-refractivity contribution in [3.63, 3.8) is 0 Å². The van der Waals surface area contributed by atoms with Crippen molar-refractivity contribution >= 4 is 0 Å². The number of hydrogen-bond acceptors (Lipinski definition) is 4. The molecule has 4 nitrogen and oxygen atoms in total. The zero-order valence-electron chi connectivity index (χ0n) is 12.0. The van der Waals surface area contributed by atoms with E-state index in [9.17, 15) is 0 Å². The maximum Gasteiger partial charge on any atom is 0.257 e. The molecule has 1 N–H and O–H groups in total. The highest BCUT2D eigenvalue weighted by molar-refractivity contribution is 5.53. The lowest BCUT2D eigenvalue weighted by molar-refractivity contribution is 0.420. The molecule has 2 aromatic rings. The molecule has 2 rings (SSSR count). The molecule has 0 bridgehead atoms. The number of nitrogens with one attached hydrogen (secondary N) is 1. The summed E-state index contributed by atoms with van der Waals surface area (Å²) in [6.45, 7) is 10.2. The Balaban J connectivity index is 2.16. The van der Waals surface area contributed by atoms with Gasteiger partial charge in [-0.15, -0.1) is 0 Å². The lowest BCUT2D eigenvalue weighted by atomic mass is 9.87. The van der Waals surface area contributed by atoms with Gasteiger partial charge in [0.2, 0.25) is 0 Å². The average molecular weight is 259 g/mol. The molecule has 19 heavy (non-hydrogen) atoms. The summed E-state index contributed by atoms with van der Waals surface area (Å²) in [6.07, 6.45) is 0. The van der Waals surface area contributed by atoms with Crippen LogP contribution < -0.4 is 5.32 Å². The summed E-state index contributed by atoms with van der Waals surface area (Å²) >= 11 is 0. The van der Waals surface area contributed by atoms with Crippen LogP contribution in [0.15, 0.2) is 28.8 Å². The monoisotopic (exact) mass is 259 g/mol. The van der Waals surface area contributed by atoms with Crippen LogP contribution in [0, 0.1) is 0 Å². The van der Waals surface area contributed by atoms with Crippen LogP contribution in [-0.4, -0.2) is 16.7 Å². The van der Waals surface area contributed by atoms with Gasteiger partial charge in [0.15, 0.2) is 5.82 Å². The van der Waals surface area contributed by atoms with Crippen LogP contribution in [0.2, 0.25) is 0 Å². The second-order valence-corrected chi connectivity index (χ2v) is 5.62. The molecule has 0 aliphatic heterocycles. The Bertz CT molecular complexity index is 523. The zero-order chi connectivity index (χ0) is 13.9. The van der Waals surface area contributed by atoms with E-state index < -0.39 is 0 Å². The van der Waals surface area contributed by atoms with E-state index in [1.165, 1.54) is 5.56 Å². The molecule has 0 radical (unpaired) electrons. The third-order valence-corrected chi connectivity index (χ3v) is 3.00. The van der Waals surface area contributed by atoms with Crippen LogP contribution in [-0.2, 0) is 12.0 Å². The standard InChI is InChI=1S/C15H21N3O/c1-5-16-10-13-17-14(19-18-13)11-6-8-12(9-7-11)15(2,3)4/h6-9,16H,5,10H2,1-4H3. The van der Waals surface area contributed by atoms with E-state index in [2.05, 4.69) is 48.4 Å². The molecule has 1 heterocycles. The third kappa shape index (κ3) is 3.41. The molecule has 4 heteroatoms. The van der Waals surface area contributed by atoms with Gasteiger partial charge in [-0.3, -0.25) is 0 Å². The van der Waals surface area contributed by atoms with Crippen molar-refractivity contribution < 1.29 is 4.52 Å². The van der Waals surface area contributed by atoms with E-state index in [4.69, 9.17) is 4.52 Å². The van der Waals surface area contributed by atoms with Gasteiger partial charge in [0.05, 0.1) is 6.54 Å². The minimum absolute atomic E-state index is 0.156. The lowest BCUT2D eigenvalue weighted by Crippen LogP contribution is -2.12. The normalized spacial score (nSPS) is 11.8. The van der Waals surface area contributed by atoms with Crippen molar-refractivity contribution in [3.05, 3.63) is 35.7 Å². The molecule has 0 atom stereocenters. The van der Waals surface area contributed by atoms with E-state index >= 15 is 0 Å². The number of aromatic nitrogens is 2. The highest BCUT2D eigenvalue weighted by atomic mass is 16.5. The minimum atomic E-state index is 0.156. The van der Waals surface area contributed by atoms with Crippen molar-refractivity contribution in [1.29, 1.82) is 0 Å². The summed E-state index contributed by atoms with van der Waals surface area (Å²) < 4.78 is 5.27. The molecule has 0 amide bonds. The van der Waals surface area contributed by atoms with Crippen LogP contribution >= 0.6 is 0 Å². The Hall–Kier alpha value is -1.68. The van der Waals surface area contributed by atoms with Crippen molar-refractivity contribution in [3.8, 4) is 11.5 Å². The van der Waals surface area contributed by atoms with Gasteiger partial charge >= 0.3 is 0 Å². The average Bonchev–Trinajstić information content (AvgIpc) is 2.84. The van der Waals surface area contributed by atoms with Gasteiger partial charge in [0.25, 0.3) is 5.89 Å². The lowest BCUT2D eigenvalue weighted by Gasteiger charge is -2.18. The minimum Gasteiger partial charge on any atom is -0.334 e. The van der Waals surface area contributed by atoms with Crippen molar-refractivity contribution in [2.24, 2.45) is 0 Å². The molecule has 0 spiro atoms. The Morgan fingerprint density at radius 3 is 2.42 bits per heavy atom. The predicted molar refractivity (Wildman–Crippen MR) is 75.8 cm³/mol. The third-order valence-electron chi connectivity index (χ3n) is 3.00. The fourth-order valence-electron chi connectivity index (χ4n) is 1.79. The quantitative estimate of drug-likeness (QED) is 0.916. The molecule has 0 aliphatic rings. The Labute approximate surface area is 114 Å². The SMILES string of the molecule is CCNCc1noc(-c2ccc(C(C)(C)C)cc2)n1. The van der Waals surface area contributed by atoms with Crippen molar-refractivity contribution in [2.75, 3.05) is 6.54 Å². The van der Waals surface area contributed by atoms with E-state index in [1.807, 2.05) is 19.1 Å². The van der Waals surface area contributed by atoms with Crippen LogP contribution in [0.3, 0.4) is 0 Å². The maximum atomic E-state index is 5.27. The fourth-order valence-corrected chi connectivity index (χ4v) is 1.79. The van der Waals surface area contributed by atoms with Gasteiger partial charge < -0.3 is 9.84 Å². The summed E-state index contributed by atoms with van der Waals surface area (Å²) in [4.78, 5) is 4.37. The van der Waals surface area contributed by atoms with E-state index in [-0.39, 0.29) is 5.41 Å². The van der Waals surface area contributed by atoms with Crippen molar-refractivity contribution in [1.82, 2.24) is 15.5 Å². The molecule has 102 valence electrons. The van der Waals surface area contributed by atoms with Crippen LogP contribution in [0.4, 0.5) is 0 Å². The van der Waals surface area contributed by atoms with Crippen LogP contribution in [0.5, 0.6) is 0 Å². The second kappa shape index (κ2) is 5.53. The smallest absolute Gasteiger partial charge is 0.257 e. The summed E-state index contributed by atoms with van der Waals surface area (Å²) in [5.74, 6) is 1.27. The highest BCUT2D eigenvalue weighted by Crippen LogP contribution is 2.25. The highest BCUT2D eigenvalue weighted by Gasteiger charge is 2.14. The van der Waals surface area contributed by atoms with Gasteiger partial charge in [0, 0.05) is 5.56 Å². The molecule has 0 aliphatic carbocycles. The maximum absolute atomic E-state index is 5.27. The summed E-state index contributed by atoms with van der Waals surface area (Å²) in [6, 6.07) is 8.29. The first-order valence-electron chi connectivity index (χ1n) is 6.65. The summed E-state index contributed by atoms with van der Waals surface area (Å²) in [5.41, 5.74) is 2.41. The van der Waals surface area contributed by atoms with Crippen LogP contribution in [0.25, 0.3) is 11.5 Å². The molecule has 0 unspecified atom stereocenters. The van der Waals surface area contributed by atoms with Gasteiger partial charge in [-0.1, -0.05) is 45.0 Å². The molecular formula is C15H21N3O. The number of hydrogen-bond donors (Lipinski definition) is 1. The summed E-state index contributed by atoms with van der Waals surface area (Å²) in [7, 11) is 0. The second-order valence-electron chi connectivity index (χ2n) is 5.62. The topological polar surface area (TPSA) is 51.0 Å².